The van der Waals surface area contributed by atoms with Gasteiger partial charge in [-0.3, -0.25) is 0 Å². The van der Waals surface area contributed by atoms with Crippen molar-refractivity contribution in [2.45, 2.75) is 19.3 Å². The molecule has 0 heterocycles. The van der Waals surface area contributed by atoms with E-state index >= 15 is 0 Å². The number of halogens is 2. The summed E-state index contributed by atoms with van der Waals surface area (Å²) in [4.78, 5) is 4.15. The van der Waals surface area contributed by atoms with Crippen LogP contribution >= 0.6 is 0 Å². The van der Waals surface area contributed by atoms with Crippen LogP contribution in [0.25, 0.3) is 0 Å². The normalized spacial score (nSPS) is 22.7. The first-order chi connectivity index (χ1) is 4.21. The molecular weight excluding hydrogens is 128 g/mol. The Morgan fingerprint density at radius 1 is 1.56 bits per heavy atom. The third-order valence-corrected chi connectivity index (χ3v) is 1.73. The van der Waals surface area contributed by atoms with Crippen molar-refractivity contribution < 1.29 is 13.6 Å². The summed E-state index contributed by atoms with van der Waals surface area (Å²) >= 11 is 0. The highest BCUT2D eigenvalue weighted by Gasteiger charge is 2.51. The molecule has 0 aromatic rings. The highest BCUT2D eigenvalue weighted by molar-refractivity contribution is 4.94. The van der Waals surface area contributed by atoms with Crippen molar-refractivity contribution in [3.63, 3.8) is 0 Å². The summed E-state index contributed by atoms with van der Waals surface area (Å²) < 4.78 is 23.9. The number of rotatable bonds is 3. The van der Waals surface area contributed by atoms with Crippen molar-refractivity contribution in [2.24, 2.45) is 11.3 Å². The van der Waals surface area contributed by atoms with Gasteiger partial charge in [-0.1, -0.05) is 0 Å². The molecule has 0 saturated heterocycles. The van der Waals surface area contributed by atoms with Gasteiger partial charge in [0.1, 0.15) is 0 Å². The Hall–Kier alpha value is -0.220. The Morgan fingerprint density at radius 3 is 2.22 bits per heavy atom. The van der Waals surface area contributed by atoms with Crippen molar-refractivity contribution in [1.29, 1.82) is 0 Å². The van der Waals surface area contributed by atoms with E-state index < -0.39 is 11.8 Å². The summed E-state index contributed by atoms with van der Waals surface area (Å²) in [5.41, 5.74) is -0.880. The molecule has 0 spiro atoms. The van der Waals surface area contributed by atoms with Crippen LogP contribution in [0.15, 0.2) is 0 Å². The number of hydrogen-bond donors (Lipinski definition) is 1. The van der Waals surface area contributed by atoms with E-state index in [1.54, 1.807) is 0 Å². The highest BCUT2D eigenvalue weighted by Crippen LogP contribution is 2.50. The van der Waals surface area contributed by atoms with E-state index in [1.807, 2.05) is 0 Å². The molecule has 0 radical (unpaired) electrons. The lowest BCUT2D eigenvalue weighted by Gasteiger charge is -2.10. The third-order valence-electron chi connectivity index (χ3n) is 1.73. The van der Waals surface area contributed by atoms with Crippen molar-refractivity contribution in [2.75, 3.05) is 6.61 Å². The zero-order chi connectivity index (χ0) is 6.91. The van der Waals surface area contributed by atoms with Crippen LogP contribution in [0.4, 0.5) is 8.78 Å². The maximum Gasteiger partial charge on any atom is 0.246 e. The molecule has 0 aromatic heterocycles. The molecule has 0 unspecified atom stereocenters. The van der Waals surface area contributed by atoms with Gasteiger partial charge in [0, 0.05) is 0 Å². The first-order valence-corrected chi connectivity index (χ1v) is 2.81. The van der Waals surface area contributed by atoms with E-state index in [0.717, 1.165) is 0 Å². The lowest BCUT2D eigenvalue weighted by Crippen LogP contribution is -2.21. The molecule has 0 amide bonds. The fraction of sp³-hybridized carbons (Fsp3) is 1.00. The SMILES string of the molecule is NOCC1(C(F)F)CC1. The summed E-state index contributed by atoms with van der Waals surface area (Å²) in [5.74, 6) is 4.66. The van der Waals surface area contributed by atoms with Crippen LogP contribution in [0.5, 0.6) is 0 Å². The van der Waals surface area contributed by atoms with Gasteiger partial charge < -0.3 is 4.84 Å². The van der Waals surface area contributed by atoms with Gasteiger partial charge in [0.15, 0.2) is 0 Å². The smallest absolute Gasteiger partial charge is 0.246 e. The average molecular weight is 137 g/mol. The minimum absolute atomic E-state index is 0.00926. The van der Waals surface area contributed by atoms with Crippen molar-refractivity contribution >= 4 is 0 Å². The molecule has 2 nitrogen and oxygen atoms in total. The van der Waals surface area contributed by atoms with E-state index in [-0.39, 0.29) is 6.61 Å². The number of alkyl halides is 2. The molecular formula is C5H9F2NO. The first-order valence-electron chi connectivity index (χ1n) is 2.81. The summed E-state index contributed by atoms with van der Waals surface area (Å²) in [6, 6.07) is 0. The first kappa shape index (κ1) is 6.89. The molecule has 0 aromatic carbocycles. The van der Waals surface area contributed by atoms with Crippen LogP contribution in [-0.4, -0.2) is 13.0 Å². The minimum Gasteiger partial charge on any atom is -0.304 e. The molecule has 9 heavy (non-hydrogen) atoms. The third kappa shape index (κ3) is 1.19. The monoisotopic (exact) mass is 137 g/mol. The Labute approximate surface area is 51.9 Å². The second kappa shape index (κ2) is 2.19. The molecule has 1 fully saturated rings. The van der Waals surface area contributed by atoms with Gasteiger partial charge in [-0.2, -0.15) is 0 Å². The Morgan fingerprint density at radius 2 is 2.11 bits per heavy atom. The van der Waals surface area contributed by atoms with Crippen LogP contribution in [0.2, 0.25) is 0 Å². The molecule has 0 aliphatic heterocycles. The summed E-state index contributed by atoms with van der Waals surface area (Å²) in [5, 5.41) is 0. The molecule has 0 atom stereocenters. The second-order valence-electron chi connectivity index (χ2n) is 2.47. The van der Waals surface area contributed by atoms with Crippen LogP contribution < -0.4 is 5.90 Å². The molecule has 1 saturated carbocycles. The van der Waals surface area contributed by atoms with Gasteiger partial charge in [-0.15, -0.1) is 0 Å². The minimum atomic E-state index is -2.28. The molecule has 54 valence electrons. The quantitative estimate of drug-likeness (QED) is 0.587. The van der Waals surface area contributed by atoms with E-state index in [4.69, 9.17) is 0 Å². The van der Waals surface area contributed by atoms with Gasteiger partial charge in [0.25, 0.3) is 0 Å². The summed E-state index contributed by atoms with van der Waals surface area (Å²) in [6.45, 7) is -0.00926. The lowest BCUT2D eigenvalue weighted by atomic mass is 10.1. The molecule has 1 aliphatic rings. The zero-order valence-corrected chi connectivity index (χ0v) is 4.94. The van der Waals surface area contributed by atoms with Gasteiger partial charge >= 0.3 is 0 Å². The van der Waals surface area contributed by atoms with Crippen LogP contribution in [0.1, 0.15) is 12.8 Å². The Kier molecular flexibility index (Phi) is 1.68. The van der Waals surface area contributed by atoms with E-state index in [2.05, 4.69) is 10.7 Å². The van der Waals surface area contributed by atoms with Crippen LogP contribution in [0.3, 0.4) is 0 Å². The van der Waals surface area contributed by atoms with Crippen molar-refractivity contribution in [1.82, 2.24) is 0 Å². The zero-order valence-electron chi connectivity index (χ0n) is 4.94. The fourth-order valence-electron chi connectivity index (χ4n) is 0.752. The van der Waals surface area contributed by atoms with Crippen molar-refractivity contribution in [3.8, 4) is 0 Å². The van der Waals surface area contributed by atoms with E-state index in [1.165, 1.54) is 0 Å². The van der Waals surface area contributed by atoms with Crippen LogP contribution in [-0.2, 0) is 4.84 Å². The van der Waals surface area contributed by atoms with Gasteiger partial charge in [-0.25, -0.2) is 14.7 Å². The fourth-order valence-corrected chi connectivity index (χ4v) is 0.752. The molecule has 1 aliphatic carbocycles. The molecule has 4 heteroatoms. The van der Waals surface area contributed by atoms with E-state index in [9.17, 15) is 8.78 Å². The second-order valence-corrected chi connectivity index (χ2v) is 2.47. The molecule has 2 N–H and O–H groups in total. The Balaban J connectivity index is 2.33. The Bertz CT molecular complexity index is 103. The van der Waals surface area contributed by atoms with Gasteiger partial charge in [-0.05, 0) is 12.8 Å². The van der Waals surface area contributed by atoms with E-state index in [0.29, 0.717) is 12.8 Å². The van der Waals surface area contributed by atoms with Gasteiger partial charge in [0.2, 0.25) is 6.43 Å². The lowest BCUT2D eigenvalue weighted by molar-refractivity contribution is -0.00678. The predicted octanol–water partition coefficient (Wildman–Crippen LogP) is 0.922. The number of hydrogen-bond acceptors (Lipinski definition) is 2. The van der Waals surface area contributed by atoms with Crippen molar-refractivity contribution in [3.05, 3.63) is 0 Å². The molecule has 1 rings (SSSR count). The largest absolute Gasteiger partial charge is 0.304 e. The maximum atomic E-state index is 11.9. The highest BCUT2D eigenvalue weighted by atomic mass is 19.3. The maximum absolute atomic E-state index is 11.9. The standard InChI is InChI=1S/C5H9F2NO/c6-4(7)5(1-2-5)3-9-8/h4H,1-3,8H2. The predicted molar refractivity (Wildman–Crippen MR) is 27.8 cm³/mol. The topological polar surface area (TPSA) is 35.2 Å². The number of nitrogens with two attached hydrogens (primary N) is 1. The average Bonchev–Trinajstić information content (AvgIpc) is 2.49. The molecule has 0 bridgehead atoms. The van der Waals surface area contributed by atoms with Crippen LogP contribution in [0, 0.1) is 5.41 Å². The summed E-state index contributed by atoms with van der Waals surface area (Å²) in [7, 11) is 0. The van der Waals surface area contributed by atoms with Gasteiger partial charge in [0.05, 0.1) is 12.0 Å². The summed E-state index contributed by atoms with van der Waals surface area (Å²) in [6.07, 6.45) is -1.19.